The molecule has 86 valence electrons. The van der Waals surface area contributed by atoms with Crippen LogP contribution in [0.5, 0.6) is 0 Å². The Labute approximate surface area is 96.0 Å². The molecule has 1 saturated heterocycles. The molecule has 1 fully saturated rings. The van der Waals surface area contributed by atoms with Crippen LogP contribution in [-0.4, -0.2) is 26.2 Å². The third-order valence-electron chi connectivity index (χ3n) is 3.07. The van der Waals surface area contributed by atoms with Crippen LogP contribution in [0, 0.1) is 5.92 Å². The monoisotopic (exact) mass is 219 g/mol. The second-order valence-corrected chi connectivity index (χ2v) is 4.35. The lowest BCUT2D eigenvalue weighted by Crippen LogP contribution is -2.22. The fourth-order valence-electron chi connectivity index (χ4n) is 2.19. The topological polar surface area (TPSA) is 29.5 Å². The first kappa shape index (κ1) is 11.0. The van der Waals surface area contributed by atoms with Gasteiger partial charge in [-0.3, -0.25) is 0 Å². The highest BCUT2D eigenvalue weighted by molar-refractivity contribution is 5.95. The Kier molecular flexibility index (Phi) is 3.13. The molecule has 1 heterocycles. The third kappa shape index (κ3) is 2.03. The number of carbonyl (C=O) groups is 1. The molecule has 0 amide bonds. The Balaban J connectivity index is 2.29. The van der Waals surface area contributed by atoms with Gasteiger partial charge in [0.05, 0.1) is 18.4 Å². The minimum absolute atomic E-state index is 0.254. The smallest absolute Gasteiger partial charge is 0.339 e. The summed E-state index contributed by atoms with van der Waals surface area (Å²) in [7, 11) is 1.42. The van der Waals surface area contributed by atoms with Crippen molar-refractivity contribution in [1.82, 2.24) is 0 Å². The fourth-order valence-corrected chi connectivity index (χ4v) is 2.19. The number of hydrogen-bond donors (Lipinski definition) is 0. The molecule has 0 spiro atoms. The van der Waals surface area contributed by atoms with Crippen molar-refractivity contribution in [2.45, 2.75) is 13.3 Å². The maximum Gasteiger partial charge on any atom is 0.339 e. The van der Waals surface area contributed by atoms with Gasteiger partial charge in [-0.15, -0.1) is 0 Å². The number of carbonyl (C=O) groups excluding carboxylic acids is 1. The van der Waals surface area contributed by atoms with E-state index in [0.717, 1.165) is 18.8 Å². The second kappa shape index (κ2) is 4.56. The van der Waals surface area contributed by atoms with E-state index >= 15 is 0 Å². The molecule has 3 nitrogen and oxygen atoms in total. The molecule has 3 heteroatoms. The number of ether oxygens (including phenoxy) is 1. The third-order valence-corrected chi connectivity index (χ3v) is 3.07. The molecule has 1 unspecified atom stereocenters. The van der Waals surface area contributed by atoms with Crippen molar-refractivity contribution < 1.29 is 9.53 Å². The van der Waals surface area contributed by atoms with E-state index in [4.69, 9.17) is 4.74 Å². The summed E-state index contributed by atoms with van der Waals surface area (Å²) < 4.78 is 4.80. The zero-order valence-corrected chi connectivity index (χ0v) is 9.77. The van der Waals surface area contributed by atoms with Crippen LogP contribution in [-0.2, 0) is 4.74 Å². The largest absolute Gasteiger partial charge is 0.465 e. The molecule has 0 N–H and O–H groups in total. The van der Waals surface area contributed by atoms with E-state index in [0.29, 0.717) is 11.5 Å². The summed E-state index contributed by atoms with van der Waals surface area (Å²) in [6, 6.07) is 7.65. The minimum atomic E-state index is -0.254. The molecule has 0 bridgehead atoms. The van der Waals surface area contributed by atoms with E-state index in [1.54, 1.807) is 0 Å². The quantitative estimate of drug-likeness (QED) is 0.715. The fraction of sp³-hybridized carbons (Fsp3) is 0.462. The Morgan fingerprint density at radius 2 is 2.19 bits per heavy atom. The van der Waals surface area contributed by atoms with Crippen LogP contribution in [0.25, 0.3) is 0 Å². The van der Waals surface area contributed by atoms with Crippen molar-refractivity contribution in [1.29, 1.82) is 0 Å². The first-order chi connectivity index (χ1) is 7.72. The van der Waals surface area contributed by atoms with Crippen molar-refractivity contribution in [3.63, 3.8) is 0 Å². The molecular formula is C13H17NO2. The Morgan fingerprint density at radius 1 is 1.44 bits per heavy atom. The van der Waals surface area contributed by atoms with Gasteiger partial charge in [0.25, 0.3) is 0 Å². The van der Waals surface area contributed by atoms with Crippen molar-refractivity contribution in [3.05, 3.63) is 29.8 Å². The zero-order valence-electron chi connectivity index (χ0n) is 9.77. The minimum Gasteiger partial charge on any atom is -0.465 e. The molecule has 2 rings (SSSR count). The summed E-state index contributed by atoms with van der Waals surface area (Å²) in [6.45, 7) is 4.28. The average Bonchev–Trinajstić information content (AvgIpc) is 2.75. The van der Waals surface area contributed by atoms with Crippen LogP contribution >= 0.6 is 0 Å². The van der Waals surface area contributed by atoms with Gasteiger partial charge in [0.15, 0.2) is 0 Å². The predicted octanol–water partition coefficient (Wildman–Crippen LogP) is 2.32. The SMILES string of the molecule is COC(=O)c1ccccc1N1CCC(C)C1. The summed E-state index contributed by atoms with van der Waals surface area (Å²) in [6.07, 6.45) is 1.19. The van der Waals surface area contributed by atoms with Gasteiger partial charge in [0.2, 0.25) is 0 Å². The van der Waals surface area contributed by atoms with E-state index in [1.807, 2.05) is 24.3 Å². The number of benzene rings is 1. The van der Waals surface area contributed by atoms with Gasteiger partial charge in [-0.2, -0.15) is 0 Å². The zero-order chi connectivity index (χ0) is 11.5. The predicted molar refractivity (Wildman–Crippen MR) is 63.8 cm³/mol. The normalized spacial score (nSPS) is 19.9. The van der Waals surface area contributed by atoms with E-state index in [2.05, 4.69) is 11.8 Å². The maximum atomic E-state index is 11.6. The molecular weight excluding hydrogens is 202 g/mol. The van der Waals surface area contributed by atoms with Crippen molar-refractivity contribution in [3.8, 4) is 0 Å². The highest BCUT2D eigenvalue weighted by Gasteiger charge is 2.22. The van der Waals surface area contributed by atoms with Gasteiger partial charge in [0, 0.05) is 13.1 Å². The van der Waals surface area contributed by atoms with Crippen LogP contribution in [0.4, 0.5) is 5.69 Å². The van der Waals surface area contributed by atoms with Gasteiger partial charge in [-0.25, -0.2) is 4.79 Å². The Bertz CT molecular complexity index is 389. The van der Waals surface area contributed by atoms with E-state index in [-0.39, 0.29) is 5.97 Å². The second-order valence-electron chi connectivity index (χ2n) is 4.35. The van der Waals surface area contributed by atoms with Gasteiger partial charge in [-0.1, -0.05) is 19.1 Å². The Morgan fingerprint density at radius 3 is 2.81 bits per heavy atom. The lowest BCUT2D eigenvalue weighted by molar-refractivity contribution is 0.0601. The molecule has 0 radical (unpaired) electrons. The number of esters is 1. The van der Waals surface area contributed by atoms with Crippen LogP contribution in [0.2, 0.25) is 0 Å². The highest BCUT2D eigenvalue weighted by atomic mass is 16.5. The van der Waals surface area contributed by atoms with Crippen LogP contribution in [0.15, 0.2) is 24.3 Å². The molecule has 1 atom stereocenters. The van der Waals surface area contributed by atoms with Gasteiger partial charge in [-0.05, 0) is 24.5 Å². The van der Waals surface area contributed by atoms with E-state index in [9.17, 15) is 4.79 Å². The number of rotatable bonds is 2. The van der Waals surface area contributed by atoms with Crippen LogP contribution < -0.4 is 4.90 Å². The first-order valence-corrected chi connectivity index (χ1v) is 5.64. The molecule has 1 aliphatic rings. The molecule has 0 aliphatic carbocycles. The molecule has 1 aliphatic heterocycles. The van der Waals surface area contributed by atoms with E-state index < -0.39 is 0 Å². The highest BCUT2D eigenvalue weighted by Crippen LogP contribution is 2.27. The van der Waals surface area contributed by atoms with Crippen molar-refractivity contribution in [2.24, 2.45) is 5.92 Å². The lowest BCUT2D eigenvalue weighted by Gasteiger charge is -2.20. The van der Waals surface area contributed by atoms with Gasteiger partial charge >= 0.3 is 5.97 Å². The summed E-state index contributed by atoms with van der Waals surface area (Å²) in [5.74, 6) is 0.445. The van der Waals surface area contributed by atoms with Crippen LogP contribution in [0.3, 0.4) is 0 Å². The summed E-state index contributed by atoms with van der Waals surface area (Å²) in [5, 5.41) is 0. The van der Waals surface area contributed by atoms with Crippen LogP contribution in [0.1, 0.15) is 23.7 Å². The summed E-state index contributed by atoms with van der Waals surface area (Å²) >= 11 is 0. The van der Waals surface area contributed by atoms with Crippen molar-refractivity contribution in [2.75, 3.05) is 25.1 Å². The molecule has 0 aromatic heterocycles. The first-order valence-electron chi connectivity index (χ1n) is 5.64. The summed E-state index contributed by atoms with van der Waals surface area (Å²) in [4.78, 5) is 13.9. The molecule has 16 heavy (non-hydrogen) atoms. The number of anilines is 1. The number of nitrogens with zero attached hydrogens (tertiary/aromatic N) is 1. The summed E-state index contributed by atoms with van der Waals surface area (Å²) in [5.41, 5.74) is 1.66. The number of para-hydroxylation sites is 1. The van der Waals surface area contributed by atoms with Crippen molar-refractivity contribution >= 4 is 11.7 Å². The number of methoxy groups -OCH3 is 1. The molecule has 1 aromatic carbocycles. The standard InChI is InChI=1S/C13H17NO2/c1-10-7-8-14(9-10)12-6-4-3-5-11(12)13(15)16-2/h3-6,10H,7-9H2,1-2H3. The molecule has 0 saturated carbocycles. The average molecular weight is 219 g/mol. The maximum absolute atomic E-state index is 11.6. The molecule has 1 aromatic rings. The van der Waals surface area contributed by atoms with E-state index in [1.165, 1.54) is 13.5 Å². The van der Waals surface area contributed by atoms with Gasteiger partial charge in [0.1, 0.15) is 0 Å². The Hall–Kier alpha value is -1.51. The van der Waals surface area contributed by atoms with Gasteiger partial charge < -0.3 is 9.64 Å². The number of hydrogen-bond acceptors (Lipinski definition) is 3. The lowest BCUT2D eigenvalue weighted by atomic mass is 10.1.